The molecule has 0 bridgehead atoms. The second-order valence-electron chi connectivity index (χ2n) is 3.64. The van der Waals surface area contributed by atoms with Crippen molar-refractivity contribution in [2.45, 2.75) is 19.4 Å². The summed E-state index contributed by atoms with van der Waals surface area (Å²) in [4.78, 5) is 20.9. The van der Waals surface area contributed by atoms with Crippen molar-refractivity contribution in [3.05, 3.63) is 39.4 Å². The molecule has 1 N–H and O–H groups in total. The van der Waals surface area contributed by atoms with Crippen LogP contribution in [0.25, 0.3) is 0 Å². The highest BCUT2D eigenvalue weighted by molar-refractivity contribution is 5.72. The predicted octanol–water partition coefficient (Wildman–Crippen LogP) is 1.55. The number of carbonyl (C=O) groups is 1. The monoisotopic (exact) mass is 239 g/mol. The summed E-state index contributed by atoms with van der Waals surface area (Å²) in [6.45, 7) is 1.62. The number of aliphatic carboxylic acids is 1. The van der Waals surface area contributed by atoms with Gasteiger partial charge in [0, 0.05) is 25.2 Å². The van der Waals surface area contributed by atoms with Crippen molar-refractivity contribution in [2.24, 2.45) is 0 Å². The summed E-state index contributed by atoms with van der Waals surface area (Å²) in [5, 5.41) is 19.4. The number of hydrogen-bond donors (Lipinski definition) is 1. The Morgan fingerprint density at radius 3 is 2.65 bits per heavy atom. The average molecular weight is 239 g/mol. The molecular formula is C11H13NO5. The number of nitrogens with zero attached hydrogens (tertiary/aromatic N) is 1. The highest BCUT2D eigenvalue weighted by atomic mass is 16.6. The lowest BCUT2D eigenvalue weighted by Crippen LogP contribution is -2.24. The van der Waals surface area contributed by atoms with Gasteiger partial charge in [0.25, 0.3) is 5.69 Å². The number of benzene rings is 1. The molecule has 0 saturated heterocycles. The molecule has 6 heteroatoms. The fraction of sp³-hybridized carbons (Fsp3) is 0.364. The Balaban J connectivity index is 2.90. The van der Waals surface area contributed by atoms with E-state index in [-0.39, 0.29) is 12.1 Å². The lowest BCUT2D eigenvalue weighted by Gasteiger charge is -2.10. The Bertz CT molecular complexity index is 443. The van der Waals surface area contributed by atoms with E-state index >= 15 is 0 Å². The van der Waals surface area contributed by atoms with Gasteiger partial charge in [-0.2, -0.15) is 0 Å². The highest BCUT2D eigenvalue weighted by Gasteiger charge is 2.18. The first-order chi connectivity index (χ1) is 7.95. The van der Waals surface area contributed by atoms with Gasteiger partial charge >= 0.3 is 5.97 Å². The Hall–Kier alpha value is -1.95. The first kappa shape index (κ1) is 13.1. The summed E-state index contributed by atoms with van der Waals surface area (Å²) in [5.74, 6) is -1.05. The van der Waals surface area contributed by atoms with E-state index < -0.39 is 17.0 Å². The van der Waals surface area contributed by atoms with Crippen LogP contribution >= 0.6 is 0 Å². The topological polar surface area (TPSA) is 89.7 Å². The molecular weight excluding hydrogens is 226 g/mol. The van der Waals surface area contributed by atoms with Gasteiger partial charge in [-0.05, 0) is 18.6 Å². The fourth-order valence-corrected chi connectivity index (χ4v) is 1.53. The Morgan fingerprint density at radius 2 is 2.24 bits per heavy atom. The fourth-order valence-electron chi connectivity index (χ4n) is 1.53. The molecule has 1 aromatic carbocycles. The summed E-state index contributed by atoms with van der Waals surface area (Å²) in [6, 6.07) is 4.52. The van der Waals surface area contributed by atoms with Crippen LogP contribution in [0.3, 0.4) is 0 Å². The van der Waals surface area contributed by atoms with Gasteiger partial charge in [-0.1, -0.05) is 6.07 Å². The number of ether oxygens (including phenoxy) is 1. The molecule has 92 valence electrons. The molecule has 0 radical (unpaired) electrons. The van der Waals surface area contributed by atoms with E-state index in [4.69, 9.17) is 9.84 Å². The van der Waals surface area contributed by atoms with E-state index in [9.17, 15) is 14.9 Å². The minimum atomic E-state index is -1.05. The summed E-state index contributed by atoms with van der Waals surface area (Å²) in [6.07, 6.45) is -0.749. The zero-order valence-electron chi connectivity index (χ0n) is 9.54. The van der Waals surface area contributed by atoms with Crippen LogP contribution in [0.4, 0.5) is 5.69 Å². The molecule has 0 spiro atoms. The Morgan fingerprint density at radius 1 is 1.59 bits per heavy atom. The number of carboxylic acid groups (broad SMARTS) is 1. The van der Waals surface area contributed by atoms with Gasteiger partial charge in [0.1, 0.15) is 0 Å². The summed E-state index contributed by atoms with van der Waals surface area (Å²) >= 11 is 0. The number of nitro benzene ring substituents is 1. The van der Waals surface area contributed by atoms with Crippen LogP contribution in [0.5, 0.6) is 0 Å². The van der Waals surface area contributed by atoms with Crippen molar-refractivity contribution in [1.29, 1.82) is 0 Å². The number of carboxylic acids is 1. The second-order valence-corrected chi connectivity index (χ2v) is 3.64. The van der Waals surface area contributed by atoms with E-state index in [2.05, 4.69) is 0 Å². The van der Waals surface area contributed by atoms with Crippen LogP contribution < -0.4 is 0 Å². The Labute approximate surface area is 98.0 Å². The molecule has 0 aliphatic heterocycles. The maximum Gasteiger partial charge on any atom is 0.333 e. The van der Waals surface area contributed by atoms with Crippen LogP contribution in [0.1, 0.15) is 11.1 Å². The number of nitro groups is 1. The molecule has 0 aliphatic rings. The van der Waals surface area contributed by atoms with Gasteiger partial charge in [0.05, 0.1) is 4.92 Å². The van der Waals surface area contributed by atoms with Crippen LogP contribution in [0, 0.1) is 17.0 Å². The summed E-state index contributed by atoms with van der Waals surface area (Å²) in [7, 11) is 1.32. The number of aryl methyl sites for hydroxylation is 1. The minimum absolute atomic E-state index is 0.0260. The van der Waals surface area contributed by atoms with Crippen LogP contribution in [-0.4, -0.2) is 29.2 Å². The van der Waals surface area contributed by atoms with Crippen LogP contribution in [0.2, 0.25) is 0 Å². The van der Waals surface area contributed by atoms with Crippen LogP contribution in [0.15, 0.2) is 18.2 Å². The molecule has 6 nitrogen and oxygen atoms in total. The van der Waals surface area contributed by atoms with Gasteiger partial charge < -0.3 is 9.84 Å². The third kappa shape index (κ3) is 3.25. The molecule has 1 rings (SSSR count). The van der Waals surface area contributed by atoms with Crippen LogP contribution in [-0.2, 0) is 16.0 Å². The smallest absolute Gasteiger partial charge is 0.333 e. The highest BCUT2D eigenvalue weighted by Crippen LogP contribution is 2.19. The lowest BCUT2D eigenvalue weighted by molar-refractivity contribution is -0.385. The lowest BCUT2D eigenvalue weighted by atomic mass is 10.0. The molecule has 0 fully saturated rings. The van der Waals surface area contributed by atoms with Crippen molar-refractivity contribution in [3.8, 4) is 0 Å². The van der Waals surface area contributed by atoms with Crippen molar-refractivity contribution in [2.75, 3.05) is 7.11 Å². The first-order valence-electron chi connectivity index (χ1n) is 4.95. The van der Waals surface area contributed by atoms with E-state index in [0.29, 0.717) is 11.1 Å². The first-order valence-corrected chi connectivity index (χ1v) is 4.95. The third-order valence-corrected chi connectivity index (χ3v) is 2.44. The molecule has 0 heterocycles. The Kier molecular flexibility index (Phi) is 4.17. The largest absolute Gasteiger partial charge is 0.479 e. The van der Waals surface area contributed by atoms with E-state index in [1.165, 1.54) is 13.2 Å². The average Bonchev–Trinajstić information content (AvgIpc) is 2.24. The number of rotatable bonds is 5. The standard InChI is InChI=1S/C11H13NO5/c1-7-5-8(3-4-9(7)12(15)16)6-10(17-2)11(13)14/h3-5,10H,6H2,1-2H3,(H,13,14). The molecule has 17 heavy (non-hydrogen) atoms. The molecule has 0 aromatic heterocycles. The molecule has 1 atom stereocenters. The zero-order chi connectivity index (χ0) is 13.0. The van der Waals surface area contributed by atoms with Gasteiger partial charge in [-0.25, -0.2) is 4.79 Å². The van der Waals surface area contributed by atoms with Crippen molar-refractivity contribution in [1.82, 2.24) is 0 Å². The van der Waals surface area contributed by atoms with Gasteiger partial charge in [0.2, 0.25) is 0 Å². The molecule has 1 aromatic rings. The maximum atomic E-state index is 10.8. The van der Waals surface area contributed by atoms with Gasteiger partial charge in [0.15, 0.2) is 6.10 Å². The van der Waals surface area contributed by atoms with Crippen molar-refractivity contribution >= 4 is 11.7 Å². The summed E-state index contributed by atoms with van der Waals surface area (Å²) < 4.78 is 4.80. The number of hydrogen-bond acceptors (Lipinski definition) is 4. The third-order valence-electron chi connectivity index (χ3n) is 2.44. The van der Waals surface area contributed by atoms with Gasteiger partial charge in [-0.3, -0.25) is 10.1 Å². The molecule has 0 saturated carbocycles. The molecule has 0 amide bonds. The van der Waals surface area contributed by atoms with E-state index in [1.807, 2.05) is 0 Å². The summed E-state index contributed by atoms with van der Waals surface area (Å²) in [5.41, 5.74) is 1.23. The van der Waals surface area contributed by atoms with Gasteiger partial charge in [-0.15, -0.1) is 0 Å². The zero-order valence-corrected chi connectivity index (χ0v) is 9.54. The normalized spacial score (nSPS) is 12.1. The van der Waals surface area contributed by atoms with Crippen molar-refractivity contribution < 1.29 is 19.6 Å². The van der Waals surface area contributed by atoms with Crippen molar-refractivity contribution in [3.63, 3.8) is 0 Å². The number of methoxy groups -OCH3 is 1. The second kappa shape index (κ2) is 5.40. The predicted molar refractivity (Wildman–Crippen MR) is 60.0 cm³/mol. The SMILES string of the molecule is COC(Cc1ccc([N+](=O)[O-])c(C)c1)C(=O)O. The van der Waals surface area contributed by atoms with E-state index in [0.717, 1.165) is 0 Å². The maximum absolute atomic E-state index is 10.8. The molecule has 1 unspecified atom stereocenters. The molecule has 0 aliphatic carbocycles. The van der Waals surface area contributed by atoms with E-state index in [1.54, 1.807) is 19.1 Å². The minimum Gasteiger partial charge on any atom is -0.479 e. The quantitative estimate of drug-likeness (QED) is 0.621.